The van der Waals surface area contributed by atoms with Gasteiger partial charge in [0, 0.05) is 24.2 Å². The predicted octanol–water partition coefficient (Wildman–Crippen LogP) is 2.21. The van der Waals surface area contributed by atoms with Gasteiger partial charge in [-0.3, -0.25) is 0 Å². The number of H-pyrrole nitrogens is 1. The van der Waals surface area contributed by atoms with Crippen LogP contribution in [0.25, 0.3) is 0 Å². The van der Waals surface area contributed by atoms with E-state index >= 15 is 0 Å². The van der Waals surface area contributed by atoms with E-state index in [1.807, 2.05) is 24.4 Å². The molecule has 0 aliphatic rings. The van der Waals surface area contributed by atoms with Crippen molar-refractivity contribution in [1.82, 2.24) is 9.97 Å². The highest BCUT2D eigenvalue weighted by molar-refractivity contribution is 7.99. The number of nitrogens with two attached hydrogens (primary N) is 1. The molecule has 1 aromatic heterocycles. The molecule has 0 fully saturated rings. The first-order chi connectivity index (χ1) is 8.33. The van der Waals surface area contributed by atoms with Gasteiger partial charge >= 0.3 is 0 Å². The Kier molecular flexibility index (Phi) is 4.06. The van der Waals surface area contributed by atoms with Crippen LogP contribution in [0.1, 0.15) is 10.8 Å². The highest BCUT2D eigenvalue weighted by Gasteiger charge is 2.13. The molecule has 0 bridgehead atoms. The van der Waals surface area contributed by atoms with Crippen LogP contribution in [0.5, 0.6) is 5.75 Å². The fourth-order valence-corrected chi connectivity index (χ4v) is 2.45. The van der Waals surface area contributed by atoms with E-state index in [2.05, 4.69) is 16.0 Å². The summed E-state index contributed by atoms with van der Waals surface area (Å²) >= 11 is 1.62. The minimum atomic E-state index is 0.177. The zero-order valence-corrected chi connectivity index (χ0v) is 10.4. The third-order valence-corrected chi connectivity index (χ3v) is 3.60. The summed E-state index contributed by atoms with van der Waals surface area (Å²) < 4.78 is 5.21. The van der Waals surface area contributed by atoms with Crippen LogP contribution in [0.4, 0.5) is 0 Å². The number of thioether (sulfide) groups is 1. The molecule has 5 heteroatoms. The summed E-state index contributed by atoms with van der Waals surface area (Å²) in [6, 6.07) is 7.96. The first kappa shape index (κ1) is 12.0. The van der Waals surface area contributed by atoms with Crippen LogP contribution >= 0.6 is 11.8 Å². The van der Waals surface area contributed by atoms with E-state index in [1.165, 1.54) is 0 Å². The lowest BCUT2D eigenvalue weighted by atomic mass is 10.1. The van der Waals surface area contributed by atoms with E-state index in [-0.39, 0.29) is 5.25 Å². The second kappa shape index (κ2) is 5.75. The van der Waals surface area contributed by atoms with Gasteiger partial charge in [0.1, 0.15) is 5.75 Å². The summed E-state index contributed by atoms with van der Waals surface area (Å²) in [5, 5.41) is 1.06. The maximum Gasteiger partial charge on any atom is 0.165 e. The van der Waals surface area contributed by atoms with Crippen molar-refractivity contribution in [3.63, 3.8) is 0 Å². The minimum absolute atomic E-state index is 0.177. The van der Waals surface area contributed by atoms with Crippen molar-refractivity contribution in [3.8, 4) is 5.75 Å². The number of rotatable bonds is 5. The molecule has 0 saturated heterocycles. The van der Waals surface area contributed by atoms with Crippen molar-refractivity contribution in [2.45, 2.75) is 10.4 Å². The number of ether oxygens (including phenoxy) is 1. The van der Waals surface area contributed by atoms with Crippen LogP contribution in [0, 0.1) is 0 Å². The Morgan fingerprint density at radius 1 is 1.53 bits per heavy atom. The number of aromatic nitrogens is 2. The molecule has 17 heavy (non-hydrogen) atoms. The molecule has 0 aliphatic carbocycles. The Balaban J connectivity index is 2.16. The van der Waals surface area contributed by atoms with E-state index < -0.39 is 0 Å². The summed E-state index contributed by atoms with van der Waals surface area (Å²) in [5.41, 5.74) is 6.96. The largest absolute Gasteiger partial charge is 0.497 e. The molecule has 3 N–H and O–H groups in total. The smallest absolute Gasteiger partial charge is 0.165 e. The number of nitrogens with zero attached hydrogens (tertiary/aromatic N) is 1. The Hall–Kier alpha value is -1.46. The molecule has 4 nitrogen and oxygen atoms in total. The summed E-state index contributed by atoms with van der Waals surface area (Å²) in [5.74, 6) is 0.848. The molecule has 0 radical (unpaired) electrons. The monoisotopic (exact) mass is 249 g/mol. The predicted molar refractivity (Wildman–Crippen MR) is 69.2 cm³/mol. The van der Waals surface area contributed by atoms with Crippen molar-refractivity contribution in [2.75, 3.05) is 13.7 Å². The molecule has 1 unspecified atom stereocenters. The van der Waals surface area contributed by atoms with Crippen LogP contribution in [-0.4, -0.2) is 23.6 Å². The number of nitrogens with one attached hydrogen (secondary N) is 1. The van der Waals surface area contributed by atoms with Gasteiger partial charge in [0.05, 0.1) is 7.11 Å². The van der Waals surface area contributed by atoms with Crippen molar-refractivity contribution in [2.24, 2.45) is 5.73 Å². The normalized spacial score (nSPS) is 12.4. The van der Waals surface area contributed by atoms with Gasteiger partial charge in [0.15, 0.2) is 5.16 Å². The number of hydrogen-bond acceptors (Lipinski definition) is 4. The molecular formula is C12H15N3OS. The fraction of sp³-hybridized carbons (Fsp3) is 0.250. The van der Waals surface area contributed by atoms with Crippen molar-refractivity contribution in [1.29, 1.82) is 0 Å². The van der Waals surface area contributed by atoms with E-state index in [1.54, 1.807) is 25.1 Å². The standard InChI is InChI=1S/C12H15N3OS/c1-16-10-4-2-3-9(7-10)11(8-13)17-12-14-5-6-15-12/h2-7,11H,8,13H2,1H3,(H,14,15). The average Bonchev–Trinajstić information content (AvgIpc) is 2.89. The molecule has 90 valence electrons. The summed E-state index contributed by atoms with van der Waals surface area (Å²) in [4.78, 5) is 7.26. The number of hydrogen-bond donors (Lipinski definition) is 2. The summed E-state index contributed by atoms with van der Waals surface area (Å²) in [6.45, 7) is 0.554. The SMILES string of the molecule is COc1cccc(C(CN)Sc2ncc[nH]2)c1. The summed E-state index contributed by atoms with van der Waals surface area (Å²) in [7, 11) is 1.66. The van der Waals surface area contributed by atoms with Crippen molar-refractivity contribution >= 4 is 11.8 Å². The van der Waals surface area contributed by atoms with Gasteiger partial charge in [-0.25, -0.2) is 4.98 Å². The van der Waals surface area contributed by atoms with Gasteiger partial charge in [0.2, 0.25) is 0 Å². The number of aromatic amines is 1. The first-order valence-corrected chi connectivity index (χ1v) is 6.21. The van der Waals surface area contributed by atoms with Gasteiger partial charge in [-0.2, -0.15) is 0 Å². The van der Waals surface area contributed by atoms with Crippen molar-refractivity contribution < 1.29 is 4.74 Å². The molecule has 2 aromatic rings. The Bertz CT molecular complexity index is 459. The molecule has 1 atom stereocenters. The lowest BCUT2D eigenvalue weighted by molar-refractivity contribution is 0.414. The fourth-order valence-electron chi connectivity index (χ4n) is 1.54. The quantitative estimate of drug-likeness (QED) is 0.797. The number of benzene rings is 1. The van der Waals surface area contributed by atoms with Crippen LogP contribution in [0.3, 0.4) is 0 Å². The topological polar surface area (TPSA) is 63.9 Å². The molecule has 2 rings (SSSR count). The van der Waals surface area contributed by atoms with Crippen molar-refractivity contribution in [3.05, 3.63) is 42.2 Å². The molecule has 0 aliphatic heterocycles. The van der Waals surface area contributed by atoms with Gasteiger partial charge in [0.25, 0.3) is 0 Å². The number of imidazole rings is 1. The second-order valence-corrected chi connectivity index (χ2v) is 4.70. The van der Waals surface area contributed by atoms with E-state index in [9.17, 15) is 0 Å². The average molecular weight is 249 g/mol. The van der Waals surface area contributed by atoms with Crippen LogP contribution in [-0.2, 0) is 0 Å². The third kappa shape index (κ3) is 3.01. The van der Waals surface area contributed by atoms with Gasteiger partial charge in [-0.15, -0.1) is 0 Å². The van der Waals surface area contributed by atoms with Gasteiger partial charge in [-0.1, -0.05) is 23.9 Å². The Morgan fingerprint density at radius 2 is 2.41 bits per heavy atom. The number of methoxy groups -OCH3 is 1. The maximum atomic E-state index is 5.81. The minimum Gasteiger partial charge on any atom is -0.497 e. The Labute approximate surface area is 105 Å². The zero-order valence-electron chi connectivity index (χ0n) is 9.59. The highest BCUT2D eigenvalue weighted by atomic mass is 32.2. The highest BCUT2D eigenvalue weighted by Crippen LogP contribution is 2.33. The molecule has 0 spiro atoms. The second-order valence-electron chi connectivity index (χ2n) is 3.51. The zero-order chi connectivity index (χ0) is 12.1. The lowest BCUT2D eigenvalue weighted by Gasteiger charge is -2.14. The van der Waals surface area contributed by atoms with Crippen LogP contribution in [0.2, 0.25) is 0 Å². The maximum absolute atomic E-state index is 5.81. The van der Waals surface area contributed by atoms with Crippen LogP contribution < -0.4 is 10.5 Å². The van der Waals surface area contributed by atoms with Gasteiger partial charge < -0.3 is 15.5 Å². The molecule has 1 heterocycles. The van der Waals surface area contributed by atoms with Crippen LogP contribution in [0.15, 0.2) is 41.8 Å². The summed E-state index contributed by atoms with van der Waals surface area (Å²) in [6.07, 6.45) is 3.54. The van der Waals surface area contributed by atoms with Gasteiger partial charge in [-0.05, 0) is 17.7 Å². The van der Waals surface area contributed by atoms with E-state index in [4.69, 9.17) is 10.5 Å². The first-order valence-electron chi connectivity index (χ1n) is 5.33. The third-order valence-electron chi connectivity index (χ3n) is 2.41. The molecular weight excluding hydrogens is 234 g/mol. The Morgan fingerprint density at radius 3 is 3.06 bits per heavy atom. The molecule has 0 saturated carbocycles. The van der Waals surface area contributed by atoms with E-state index in [0.29, 0.717) is 6.54 Å². The molecule has 1 aromatic carbocycles. The van der Waals surface area contributed by atoms with E-state index in [0.717, 1.165) is 16.5 Å². The molecule has 0 amide bonds. The lowest BCUT2D eigenvalue weighted by Crippen LogP contribution is -2.09.